The highest BCUT2D eigenvalue weighted by Gasteiger charge is 2.12. The first kappa shape index (κ1) is 16.9. The molecule has 0 atom stereocenters. The molecule has 0 heterocycles. The summed E-state index contributed by atoms with van der Waals surface area (Å²) in [7, 11) is 3.22. The lowest BCUT2D eigenvalue weighted by Gasteiger charge is -2.15. The van der Waals surface area contributed by atoms with Crippen molar-refractivity contribution >= 4 is 5.91 Å². The van der Waals surface area contributed by atoms with E-state index >= 15 is 0 Å². The summed E-state index contributed by atoms with van der Waals surface area (Å²) >= 11 is 0. The lowest BCUT2D eigenvalue weighted by Crippen LogP contribution is -2.18. The predicted molar refractivity (Wildman–Crippen MR) is 91.2 cm³/mol. The minimum absolute atomic E-state index is 0.128. The number of carbonyl (C=O) groups is 1. The second-order valence-corrected chi connectivity index (χ2v) is 5.59. The fourth-order valence-electron chi connectivity index (χ4n) is 2.42. The van der Waals surface area contributed by atoms with Gasteiger partial charge in [-0.3, -0.25) is 4.79 Å². The second-order valence-electron chi connectivity index (χ2n) is 5.59. The van der Waals surface area contributed by atoms with Crippen LogP contribution in [0.15, 0.2) is 42.5 Å². The van der Waals surface area contributed by atoms with Crippen LogP contribution in [-0.4, -0.2) is 20.1 Å². The third-order valence-electron chi connectivity index (χ3n) is 3.69. The van der Waals surface area contributed by atoms with E-state index < -0.39 is 0 Å². The van der Waals surface area contributed by atoms with Crippen LogP contribution in [0, 0.1) is 0 Å². The van der Waals surface area contributed by atoms with Crippen LogP contribution in [0.4, 0.5) is 0 Å². The summed E-state index contributed by atoms with van der Waals surface area (Å²) in [5.41, 5.74) is 2.59. The lowest BCUT2D eigenvalue weighted by atomic mass is 10.0. The monoisotopic (exact) mass is 313 g/mol. The molecule has 0 aliphatic rings. The standard InChI is InChI=1S/C19H23NO3/c1-13(2)16-7-5-6-8-18(16)23-12-15-11-14(19(21)20-3)9-10-17(15)22-4/h5-11,13H,12H2,1-4H3,(H,20,21). The molecular weight excluding hydrogens is 290 g/mol. The van der Waals surface area contributed by atoms with Gasteiger partial charge in [0.15, 0.2) is 0 Å². The van der Waals surface area contributed by atoms with Crippen molar-refractivity contribution < 1.29 is 14.3 Å². The molecule has 1 amide bonds. The summed E-state index contributed by atoms with van der Waals surface area (Å²) in [4.78, 5) is 11.8. The SMILES string of the molecule is CNC(=O)c1ccc(OC)c(COc2ccccc2C(C)C)c1. The molecule has 0 aromatic heterocycles. The van der Waals surface area contributed by atoms with Gasteiger partial charge < -0.3 is 14.8 Å². The summed E-state index contributed by atoms with van der Waals surface area (Å²) in [5.74, 6) is 1.82. The number of ether oxygens (including phenoxy) is 2. The summed E-state index contributed by atoms with van der Waals surface area (Å²) < 4.78 is 11.4. The summed E-state index contributed by atoms with van der Waals surface area (Å²) in [6.45, 7) is 4.61. The molecule has 4 nitrogen and oxygen atoms in total. The van der Waals surface area contributed by atoms with Gasteiger partial charge in [0.05, 0.1) is 7.11 Å². The van der Waals surface area contributed by atoms with Crippen LogP contribution < -0.4 is 14.8 Å². The summed E-state index contributed by atoms with van der Waals surface area (Å²) in [5, 5.41) is 2.62. The molecule has 0 fully saturated rings. The first-order valence-corrected chi connectivity index (χ1v) is 7.67. The summed E-state index contributed by atoms with van der Waals surface area (Å²) in [6.07, 6.45) is 0. The van der Waals surface area contributed by atoms with E-state index in [1.165, 1.54) is 0 Å². The molecule has 1 N–H and O–H groups in total. The molecule has 0 saturated carbocycles. The first-order chi connectivity index (χ1) is 11.1. The van der Waals surface area contributed by atoms with Crippen molar-refractivity contribution in [2.75, 3.05) is 14.2 Å². The van der Waals surface area contributed by atoms with E-state index in [1.54, 1.807) is 32.4 Å². The zero-order chi connectivity index (χ0) is 16.8. The van der Waals surface area contributed by atoms with Gasteiger partial charge in [0.2, 0.25) is 0 Å². The fraction of sp³-hybridized carbons (Fsp3) is 0.316. The van der Waals surface area contributed by atoms with E-state index in [1.807, 2.05) is 18.2 Å². The predicted octanol–water partition coefficient (Wildman–Crippen LogP) is 3.76. The highest BCUT2D eigenvalue weighted by atomic mass is 16.5. The maximum atomic E-state index is 11.8. The van der Waals surface area contributed by atoms with Crippen molar-refractivity contribution in [2.24, 2.45) is 0 Å². The maximum Gasteiger partial charge on any atom is 0.251 e. The minimum atomic E-state index is -0.128. The van der Waals surface area contributed by atoms with Crippen molar-refractivity contribution in [1.82, 2.24) is 5.32 Å². The Balaban J connectivity index is 2.24. The Morgan fingerprint density at radius 3 is 2.52 bits per heavy atom. The minimum Gasteiger partial charge on any atom is -0.496 e. The van der Waals surface area contributed by atoms with Gasteiger partial charge in [0.25, 0.3) is 5.91 Å². The molecule has 0 spiro atoms. The molecule has 0 bridgehead atoms. The fourth-order valence-corrected chi connectivity index (χ4v) is 2.42. The quantitative estimate of drug-likeness (QED) is 0.883. The molecule has 0 radical (unpaired) electrons. The average Bonchev–Trinajstić information content (AvgIpc) is 2.59. The molecule has 2 rings (SSSR count). The number of para-hydroxylation sites is 1. The maximum absolute atomic E-state index is 11.8. The van der Waals surface area contributed by atoms with Gasteiger partial charge in [-0.1, -0.05) is 32.0 Å². The van der Waals surface area contributed by atoms with E-state index in [2.05, 4.69) is 25.2 Å². The number of carbonyl (C=O) groups excluding carboxylic acids is 1. The Morgan fingerprint density at radius 1 is 1.13 bits per heavy atom. The smallest absolute Gasteiger partial charge is 0.251 e. The van der Waals surface area contributed by atoms with Crippen LogP contribution in [0.25, 0.3) is 0 Å². The number of methoxy groups -OCH3 is 1. The zero-order valence-corrected chi connectivity index (χ0v) is 14.1. The van der Waals surface area contributed by atoms with Crippen LogP contribution >= 0.6 is 0 Å². The van der Waals surface area contributed by atoms with Crippen LogP contribution in [0.5, 0.6) is 11.5 Å². The number of benzene rings is 2. The van der Waals surface area contributed by atoms with E-state index in [9.17, 15) is 4.79 Å². The van der Waals surface area contributed by atoms with Gasteiger partial charge in [0.1, 0.15) is 18.1 Å². The van der Waals surface area contributed by atoms with E-state index in [-0.39, 0.29) is 5.91 Å². The van der Waals surface area contributed by atoms with Crippen LogP contribution in [0.3, 0.4) is 0 Å². The van der Waals surface area contributed by atoms with Crippen molar-refractivity contribution in [2.45, 2.75) is 26.4 Å². The number of hydrogen-bond donors (Lipinski definition) is 1. The van der Waals surface area contributed by atoms with Crippen molar-refractivity contribution in [3.63, 3.8) is 0 Å². The van der Waals surface area contributed by atoms with Gasteiger partial charge in [-0.2, -0.15) is 0 Å². The third-order valence-corrected chi connectivity index (χ3v) is 3.69. The summed E-state index contributed by atoms with van der Waals surface area (Å²) in [6, 6.07) is 13.3. The van der Waals surface area contributed by atoms with Gasteiger partial charge in [-0.15, -0.1) is 0 Å². The molecule has 0 aliphatic heterocycles. The molecule has 122 valence electrons. The Bertz CT molecular complexity index is 680. The van der Waals surface area contributed by atoms with Gasteiger partial charge in [-0.05, 0) is 35.7 Å². The molecule has 4 heteroatoms. The third kappa shape index (κ3) is 4.03. The van der Waals surface area contributed by atoms with Crippen molar-refractivity contribution in [1.29, 1.82) is 0 Å². The number of hydrogen-bond acceptors (Lipinski definition) is 3. The number of amides is 1. The molecular formula is C19H23NO3. The average molecular weight is 313 g/mol. The normalized spacial score (nSPS) is 10.5. The number of rotatable bonds is 6. The van der Waals surface area contributed by atoms with Crippen LogP contribution in [0.2, 0.25) is 0 Å². The highest BCUT2D eigenvalue weighted by Crippen LogP contribution is 2.28. The Kier molecular flexibility index (Phi) is 5.63. The van der Waals surface area contributed by atoms with Gasteiger partial charge in [-0.25, -0.2) is 0 Å². The van der Waals surface area contributed by atoms with Crippen molar-refractivity contribution in [3.05, 3.63) is 59.2 Å². The Labute approximate surface area is 137 Å². The van der Waals surface area contributed by atoms with Gasteiger partial charge in [0, 0.05) is 18.2 Å². The van der Waals surface area contributed by atoms with Crippen LogP contribution in [0.1, 0.15) is 41.3 Å². The highest BCUT2D eigenvalue weighted by molar-refractivity contribution is 5.94. The van der Waals surface area contributed by atoms with Crippen molar-refractivity contribution in [3.8, 4) is 11.5 Å². The second kappa shape index (κ2) is 7.68. The molecule has 0 aliphatic carbocycles. The molecule has 0 saturated heterocycles. The van der Waals surface area contributed by atoms with E-state index in [4.69, 9.17) is 9.47 Å². The Hall–Kier alpha value is -2.49. The molecule has 2 aromatic carbocycles. The number of nitrogens with one attached hydrogen (secondary N) is 1. The molecule has 2 aromatic rings. The van der Waals surface area contributed by atoms with Gasteiger partial charge >= 0.3 is 0 Å². The topological polar surface area (TPSA) is 47.6 Å². The lowest BCUT2D eigenvalue weighted by molar-refractivity contribution is 0.0963. The first-order valence-electron chi connectivity index (χ1n) is 7.67. The largest absolute Gasteiger partial charge is 0.496 e. The van der Waals surface area contributed by atoms with E-state index in [0.29, 0.717) is 23.8 Å². The van der Waals surface area contributed by atoms with E-state index in [0.717, 1.165) is 16.9 Å². The molecule has 23 heavy (non-hydrogen) atoms. The molecule has 0 unspecified atom stereocenters. The van der Waals surface area contributed by atoms with Crippen LogP contribution in [-0.2, 0) is 6.61 Å². The zero-order valence-electron chi connectivity index (χ0n) is 14.1. The Morgan fingerprint density at radius 2 is 1.87 bits per heavy atom.